The zero-order valence-corrected chi connectivity index (χ0v) is 26.4. The summed E-state index contributed by atoms with van der Waals surface area (Å²) in [6.45, 7) is 9.30. The van der Waals surface area contributed by atoms with E-state index in [4.69, 9.17) is 13.1 Å². The minimum absolute atomic E-state index is 0.336. The van der Waals surface area contributed by atoms with E-state index < -0.39 is 28.0 Å². The predicted molar refractivity (Wildman–Crippen MR) is 159 cm³/mol. The maximum Gasteiger partial charge on any atom is 0.437 e. The number of urea groups is 1. The zero-order chi connectivity index (χ0) is 30.2. The van der Waals surface area contributed by atoms with Crippen molar-refractivity contribution in [3.8, 4) is 11.3 Å². The Balaban J connectivity index is 1.50. The van der Waals surface area contributed by atoms with Crippen LogP contribution in [0.25, 0.3) is 11.3 Å². The predicted octanol–water partition coefficient (Wildman–Crippen LogP) is 6.81. The summed E-state index contributed by atoms with van der Waals surface area (Å²) in [5, 5.41) is 6.89. The standard InChI is InChI=1S/C30H47N5O6S/c1-5-9-17-30(16-8-4,18-10-6-2)34(21-11-7-3)40-42(37,38)41-35-25-12-13-27(33(23-25)29(35)36)26-22-28(39-32-26)24-14-19-31-20-15-24/h14-15,19-20,22,25,27H,5-13,16-18,21,23H2,1-4H3/t25-,27-/m0/s1. The lowest BCUT2D eigenvalue weighted by molar-refractivity contribution is -0.172. The van der Waals surface area contributed by atoms with Gasteiger partial charge in [0.25, 0.3) is 0 Å². The molecule has 2 amide bonds. The van der Waals surface area contributed by atoms with Gasteiger partial charge in [-0.1, -0.05) is 71.4 Å². The molecule has 2 saturated heterocycles. The number of pyridine rings is 1. The number of hydroxylamine groups is 4. The van der Waals surface area contributed by atoms with Crippen molar-refractivity contribution in [1.29, 1.82) is 0 Å². The van der Waals surface area contributed by atoms with Gasteiger partial charge in [-0.3, -0.25) is 4.98 Å². The number of fused-ring (bicyclic) bond motifs is 2. The summed E-state index contributed by atoms with van der Waals surface area (Å²) in [6.07, 6.45) is 13.6. The SMILES string of the molecule is CCCCN(OS(=O)(=O)ON1C(=O)N2C[C@@H]1CC[C@H]2c1cc(-c2ccncc2)on1)C(CCC)(CCCC)CCCC. The lowest BCUT2D eigenvalue weighted by Crippen LogP contribution is -2.51. The van der Waals surface area contributed by atoms with E-state index in [1.54, 1.807) is 22.4 Å². The van der Waals surface area contributed by atoms with Crippen LogP contribution in [0.1, 0.15) is 116 Å². The number of hydrogen-bond donors (Lipinski definition) is 0. The van der Waals surface area contributed by atoms with Crippen LogP contribution in [0.15, 0.2) is 35.1 Å². The highest BCUT2D eigenvalue weighted by molar-refractivity contribution is 7.81. The number of carbonyl (C=O) groups is 1. The summed E-state index contributed by atoms with van der Waals surface area (Å²) in [7, 11) is -4.57. The van der Waals surface area contributed by atoms with Gasteiger partial charge >= 0.3 is 16.4 Å². The quantitative estimate of drug-likeness (QED) is 0.169. The summed E-state index contributed by atoms with van der Waals surface area (Å²) in [5.41, 5.74) is 1.05. The molecular weight excluding hydrogens is 558 g/mol. The van der Waals surface area contributed by atoms with Crippen LogP contribution in [0.5, 0.6) is 0 Å². The molecule has 2 aromatic heterocycles. The minimum Gasteiger partial charge on any atom is -0.356 e. The van der Waals surface area contributed by atoms with Crippen molar-refractivity contribution in [3.05, 3.63) is 36.3 Å². The number of piperidine rings is 1. The molecule has 2 aliphatic rings. The number of unbranched alkanes of at least 4 members (excludes halogenated alkanes) is 3. The van der Waals surface area contributed by atoms with E-state index in [9.17, 15) is 13.2 Å². The molecule has 0 saturated carbocycles. The highest BCUT2D eigenvalue weighted by Gasteiger charge is 2.49. The molecule has 12 heteroatoms. The Morgan fingerprint density at radius 2 is 1.69 bits per heavy atom. The Labute approximate surface area is 250 Å². The van der Waals surface area contributed by atoms with Crippen molar-refractivity contribution < 1.29 is 26.3 Å². The maximum atomic E-state index is 13.5. The summed E-state index contributed by atoms with van der Waals surface area (Å²) in [4.78, 5) is 19.1. The Morgan fingerprint density at radius 1 is 1.00 bits per heavy atom. The highest BCUT2D eigenvalue weighted by atomic mass is 32.3. The maximum absolute atomic E-state index is 13.5. The number of rotatable bonds is 18. The van der Waals surface area contributed by atoms with E-state index in [0.717, 1.165) is 74.8 Å². The molecule has 4 rings (SSSR count). The van der Waals surface area contributed by atoms with Gasteiger partial charge in [-0.25, -0.2) is 4.79 Å². The number of nitrogens with zero attached hydrogens (tertiary/aromatic N) is 5. The molecule has 2 fully saturated rings. The monoisotopic (exact) mass is 605 g/mol. The zero-order valence-electron chi connectivity index (χ0n) is 25.5. The molecule has 42 heavy (non-hydrogen) atoms. The van der Waals surface area contributed by atoms with Crippen molar-refractivity contribution in [2.45, 2.75) is 122 Å². The van der Waals surface area contributed by atoms with E-state index in [1.165, 1.54) is 0 Å². The molecule has 0 N–H and O–H groups in total. The molecule has 2 aromatic rings. The number of carbonyl (C=O) groups excluding carboxylic acids is 1. The van der Waals surface area contributed by atoms with Crippen molar-refractivity contribution >= 4 is 16.4 Å². The third-order valence-corrected chi connectivity index (χ3v) is 9.17. The van der Waals surface area contributed by atoms with E-state index in [-0.39, 0.29) is 6.04 Å². The van der Waals surface area contributed by atoms with Crippen molar-refractivity contribution in [3.63, 3.8) is 0 Å². The smallest absolute Gasteiger partial charge is 0.356 e. The molecule has 234 valence electrons. The number of aromatic nitrogens is 2. The third-order valence-electron chi connectivity index (χ3n) is 8.46. The van der Waals surface area contributed by atoms with Gasteiger partial charge in [-0.2, -0.15) is 22.8 Å². The average Bonchev–Trinajstić information content (AvgIpc) is 3.57. The lowest BCUT2D eigenvalue weighted by Gasteiger charge is -2.43. The fraction of sp³-hybridized carbons (Fsp3) is 0.700. The molecule has 2 atom stereocenters. The fourth-order valence-corrected chi connectivity index (χ4v) is 7.10. The largest absolute Gasteiger partial charge is 0.437 e. The second-order valence-corrected chi connectivity index (χ2v) is 12.7. The lowest BCUT2D eigenvalue weighted by atomic mass is 9.82. The first-order chi connectivity index (χ1) is 20.3. The van der Waals surface area contributed by atoms with Crippen molar-refractivity contribution in [1.82, 2.24) is 25.2 Å². The Kier molecular flexibility index (Phi) is 11.4. The van der Waals surface area contributed by atoms with E-state index in [1.807, 2.05) is 18.2 Å². The van der Waals surface area contributed by atoms with E-state index in [0.29, 0.717) is 37.4 Å². The van der Waals surface area contributed by atoms with Crippen LogP contribution in [0.2, 0.25) is 0 Å². The molecule has 11 nitrogen and oxygen atoms in total. The second-order valence-electron chi connectivity index (χ2n) is 11.6. The summed E-state index contributed by atoms with van der Waals surface area (Å²) in [6, 6.07) is 4.22. The molecule has 4 heterocycles. The van der Waals surface area contributed by atoms with Crippen LogP contribution in [-0.4, -0.2) is 64.3 Å². The van der Waals surface area contributed by atoms with Gasteiger partial charge in [0.05, 0.1) is 12.1 Å². The van der Waals surface area contributed by atoms with Crippen molar-refractivity contribution in [2.75, 3.05) is 13.1 Å². The van der Waals surface area contributed by atoms with Gasteiger partial charge < -0.3 is 9.42 Å². The summed E-state index contributed by atoms with van der Waals surface area (Å²) >= 11 is 0. The number of amides is 2. The van der Waals surface area contributed by atoms with Gasteiger partial charge in [0.15, 0.2) is 5.76 Å². The fourth-order valence-electron chi connectivity index (χ4n) is 6.24. The topological polar surface area (TPSA) is 118 Å². The van der Waals surface area contributed by atoms with Crippen LogP contribution < -0.4 is 0 Å². The minimum atomic E-state index is -4.57. The van der Waals surface area contributed by atoms with Crippen LogP contribution in [-0.2, 0) is 19.0 Å². The van der Waals surface area contributed by atoms with Gasteiger partial charge in [0, 0.05) is 42.7 Å². The molecule has 0 aliphatic carbocycles. The average molecular weight is 606 g/mol. The van der Waals surface area contributed by atoms with E-state index >= 15 is 0 Å². The summed E-state index contributed by atoms with van der Waals surface area (Å²) in [5.74, 6) is 0.583. The molecule has 0 radical (unpaired) electrons. The van der Waals surface area contributed by atoms with E-state index in [2.05, 4.69) is 37.8 Å². The van der Waals surface area contributed by atoms with Gasteiger partial charge in [-0.15, -0.1) is 4.28 Å². The van der Waals surface area contributed by atoms with Crippen LogP contribution in [0.4, 0.5) is 4.79 Å². The first-order valence-electron chi connectivity index (χ1n) is 15.7. The first kappa shape index (κ1) is 32.4. The molecule has 0 aromatic carbocycles. The molecule has 0 spiro atoms. The Hall–Kier alpha value is -2.54. The van der Waals surface area contributed by atoms with Crippen molar-refractivity contribution in [2.24, 2.45) is 0 Å². The molecule has 2 bridgehead atoms. The first-order valence-corrected chi connectivity index (χ1v) is 17.0. The molecule has 2 aliphatic heterocycles. The Bertz CT molecular complexity index is 1230. The van der Waals surface area contributed by atoms with Gasteiger partial charge in [0.2, 0.25) is 0 Å². The Morgan fingerprint density at radius 3 is 2.33 bits per heavy atom. The van der Waals surface area contributed by atoms with Gasteiger partial charge in [0.1, 0.15) is 5.69 Å². The van der Waals surface area contributed by atoms with Crippen LogP contribution in [0, 0.1) is 0 Å². The second kappa shape index (κ2) is 14.8. The van der Waals surface area contributed by atoms with Crippen LogP contribution >= 0.6 is 0 Å². The van der Waals surface area contributed by atoms with Gasteiger partial charge in [-0.05, 0) is 50.7 Å². The third kappa shape index (κ3) is 7.50. The highest BCUT2D eigenvalue weighted by Crippen LogP contribution is 2.40. The number of hydrogen-bond acceptors (Lipinski definition) is 9. The molecule has 0 unspecified atom stereocenters. The van der Waals surface area contributed by atoms with Crippen LogP contribution in [0.3, 0.4) is 0 Å². The molecular formula is C30H47N5O6S. The normalized spacial score (nSPS) is 19.3. The summed E-state index contributed by atoms with van der Waals surface area (Å²) < 4.78 is 43.8.